The van der Waals surface area contributed by atoms with E-state index in [4.69, 9.17) is 0 Å². The van der Waals surface area contributed by atoms with Crippen molar-refractivity contribution in [1.82, 2.24) is 4.90 Å². The van der Waals surface area contributed by atoms with Crippen molar-refractivity contribution in [3.63, 3.8) is 0 Å². The molecule has 2 aromatic rings. The number of hydrogen-bond acceptors (Lipinski definition) is 5. The van der Waals surface area contributed by atoms with E-state index in [1.807, 2.05) is 4.90 Å². The summed E-state index contributed by atoms with van der Waals surface area (Å²) < 4.78 is 57.7. The Hall–Kier alpha value is -3.01. The molecule has 4 rings (SSSR count). The van der Waals surface area contributed by atoms with Crippen LogP contribution in [-0.2, 0) is 14.8 Å². The second-order valence-corrected chi connectivity index (χ2v) is 8.64. The second kappa shape index (κ2) is 8.02. The van der Waals surface area contributed by atoms with Crippen molar-refractivity contribution in [1.29, 1.82) is 0 Å². The van der Waals surface area contributed by atoms with Crippen LogP contribution in [-0.4, -0.2) is 44.8 Å². The molecular weight excluding hydrogens is 416 g/mol. The molecule has 0 bridgehead atoms. The summed E-state index contributed by atoms with van der Waals surface area (Å²) in [5.41, 5.74) is 0.886. The molecule has 10 heteroatoms. The second-order valence-electron chi connectivity index (χ2n) is 7.07. The van der Waals surface area contributed by atoms with Crippen LogP contribution in [0.2, 0.25) is 0 Å². The number of alkyl halides is 2. The third kappa shape index (κ3) is 4.13. The summed E-state index contributed by atoms with van der Waals surface area (Å²) in [5, 5.41) is 2.72. The molecule has 7 nitrogen and oxygen atoms in total. The van der Waals surface area contributed by atoms with Gasteiger partial charge in [0.1, 0.15) is 10.6 Å². The van der Waals surface area contributed by atoms with E-state index in [0.717, 1.165) is 0 Å². The molecule has 2 aliphatic heterocycles. The Morgan fingerprint density at radius 2 is 2.00 bits per heavy atom. The number of piperidine rings is 1. The fraction of sp³-hybridized carbons (Fsp3) is 0.300. The Morgan fingerprint density at radius 3 is 2.80 bits per heavy atom. The van der Waals surface area contributed by atoms with Gasteiger partial charge in [0.2, 0.25) is 5.91 Å². The number of sulfonamides is 1. The highest BCUT2D eigenvalue weighted by Gasteiger charge is 2.35. The van der Waals surface area contributed by atoms with E-state index in [-0.39, 0.29) is 16.6 Å². The predicted molar refractivity (Wildman–Crippen MR) is 106 cm³/mol. The quantitative estimate of drug-likeness (QED) is 0.798. The van der Waals surface area contributed by atoms with Crippen molar-refractivity contribution in [2.75, 3.05) is 18.4 Å². The molecule has 0 aromatic heterocycles. The van der Waals surface area contributed by atoms with Crippen LogP contribution in [0.15, 0.2) is 57.8 Å². The van der Waals surface area contributed by atoms with Gasteiger partial charge in [-0.2, -0.15) is 17.2 Å². The number of likely N-dealkylation sites (tertiary alicyclic amines) is 1. The Morgan fingerprint density at radius 1 is 1.20 bits per heavy atom. The first kappa shape index (κ1) is 20.3. The van der Waals surface area contributed by atoms with Crippen molar-refractivity contribution >= 4 is 27.5 Å². The maximum absolute atomic E-state index is 12.7. The van der Waals surface area contributed by atoms with Gasteiger partial charge in [-0.1, -0.05) is 18.2 Å². The lowest BCUT2D eigenvalue weighted by Gasteiger charge is -2.33. The monoisotopic (exact) mass is 435 g/mol. The van der Waals surface area contributed by atoms with Gasteiger partial charge in [0, 0.05) is 30.4 Å². The van der Waals surface area contributed by atoms with E-state index < -0.39 is 22.6 Å². The fourth-order valence-corrected chi connectivity index (χ4v) is 4.92. The smallest absolute Gasteiger partial charge is 0.387 e. The Bertz CT molecular complexity index is 1100. The van der Waals surface area contributed by atoms with Gasteiger partial charge >= 0.3 is 6.61 Å². The number of hydrogen-bond donors (Lipinski definition) is 1. The van der Waals surface area contributed by atoms with Gasteiger partial charge < -0.3 is 15.0 Å². The molecule has 1 N–H and O–H groups in total. The normalized spacial score (nSPS) is 19.9. The van der Waals surface area contributed by atoms with E-state index in [1.54, 1.807) is 24.3 Å². The van der Waals surface area contributed by atoms with Gasteiger partial charge in [0.05, 0.1) is 5.92 Å². The molecular formula is C20H19F2N3O4S. The molecule has 0 radical (unpaired) electrons. The molecule has 2 aliphatic rings. The highest BCUT2D eigenvalue weighted by molar-refractivity contribution is 7.90. The maximum atomic E-state index is 12.7. The average molecular weight is 435 g/mol. The Kier molecular flexibility index (Phi) is 5.42. The number of carbonyl (C=O) groups excluding carboxylic acids is 1. The third-order valence-corrected chi connectivity index (χ3v) is 6.36. The van der Waals surface area contributed by atoms with E-state index in [0.29, 0.717) is 43.0 Å². The first-order chi connectivity index (χ1) is 14.3. The number of rotatable bonds is 4. The lowest BCUT2D eigenvalue weighted by Crippen LogP contribution is -2.43. The van der Waals surface area contributed by atoms with Crippen molar-refractivity contribution in [2.24, 2.45) is 10.3 Å². The number of amides is 1. The SMILES string of the molecule is O=C(Nc1cccc(OC(F)F)c1)C1CCCN(C2=NS(=O)(=O)c3ccccc32)C1. The van der Waals surface area contributed by atoms with Crippen LogP contribution in [0.25, 0.3) is 0 Å². The number of fused-ring (bicyclic) bond motifs is 1. The lowest BCUT2D eigenvalue weighted by molar-refractivity contribution is -0.121. The van der Waals surface area contributed by atoms with Crippen LogP contribution < -0.4 is 10.1 Å². The minimum absolute atomic E-state index is 0.0461. The molecule has 0 spiro atoms. The van der Waals surface area contributed by atoms with Crippen LogP contribution in [0, 0.1) is 5.92 Å². The first-order valence-corrected chi connectivity index (χ1v) is 10.8. The summed E-state index contributed by atoms with van der Waals surface area (Å²) in [5.74, 6) is -0.370. The molecule has 158 valence electrons. The van der Waals surface area contributed by atoms with Gasteiger partial charge in [0.15, 0.2) is 5.84 Å². The van der Waals surface area contributed by atoms with E-state index in [9.17, 15) is 22.0 Å². The summed E-state index contributed by atoms with van der Waals surface area (Å²) >= 11 is 0. The Balaban J connectivity index is 1.48. The number of benzene rings is 2. The highest BCUT2D eigenvalue weighted by Crippen LogP contribution is 2.30. The van der Waals surface area contributed by atoms with E-state index >= 15 is 0 Å². The zero-order valence-electron chi connectivity index (χ0n) is 15.8. The third-order valence-electron chi connectivity index (χ3n) is 5.03. The van der Waals surface area contributed by atoms with Crippen LogP contribution in [0.3, 0.4) is 0 Å². The number of carbonyl (C=O) groups is 1. The zero-order chi connectivity index (χ0) is 21.3. The van der Waals surface area contributed by atoms with Gasteiger partial charge in [0.25, 0.3) is 10.0 Å². The lowest BCUT2D eigenvalue weighted by atomic mass is 9.96. The molecule has 30 heavy (non-hydrogen) atoms. The van der Waals surface area contributed by atoms with Crippen molar-refractivity contribution in [3.05, 3.63) is 54.1 Å². The Labute approximate surface area is 172 Å². The highest BCUT2D eigenvalue weighted by atomic mass is 32.2. The molecule has 1 amide bonds. The molecule has 0 aliphatic carbocycles. The number of halogens is 2. The van der Waals surface area contributed by atoms with Gasteiger partial charge in [-0.15, -0.1) is 4.40 Å². The van der Waals surface area contributed by atoms with Crippen LogP contribution in [0.4, 0.5) is 14.5 Å². The summed E-state index contributed by atoms with van der Waals surface area (Å²) in [4.78, 5) is 14.7. The topological polar surface area (TPSA) is 88.1 Å². The van der Waals surface area contributed by atoms with E-state index in [1.165, 1.54) is 24.3 Å². The number of ether oxygens (including phenoxy) is 1. The molecule has 1 fully saturated rings. The molecule has 1 atom stereocenters. The summed E-state index contributed by atoms with van der Waals surface area (Å²) in [6.45, 7) is -2.06. The average Bonchev–Trinajstić information content (AvgIpc) is 2.99. The van der Waals surface area contributed by atoms with Gasteiger partial charge in [-0.25, -0.2) is 0 Å². The van der Waals surface area contributed by atoms with Gasteiger partial charge in [-0.05, 0) is 37.1 Å². The number of nitrogens with one attached hydrogen (secondary N) is 1. The summed E-state index contributed by atoms with van der Waals surface area (Å²) in [7, 11) is -3.73. The van der Waals surface area contributed by atoms with Crippen LogP contribution >= 0.6 is 0 Å². The predicted octanol–water partition coefficient (Wildman–Crippen LogP) is 3.09. The van der Waals surface area contributed by atoms with Crippen molar-refractivity contribution in [2.45, 2.75) is 24.3 Å². The molecule has 2 aromatic carbocycles. The fourth-order valence-electron chi connectivity index (χ4n) is 3.69. The summed E-state index contributed by atoms with van der Waals surface area (Å²) in [6, 6.07) is 12.4. The summed E-state index contributed by atoms with van der Waals surface area (Å²) in [6.07, 6.45) is 1.31. The number of nitrogens with zero attached hydrogens (tertiary/aromatic N) is 2. The zero-order valence-corrected chi connectivity index (χ0v) is 16.6. The first-order valence-electron chi connectivity index (χ1n) is 9.38. The van der Waals surface area contributed by atoms with E-state index in [2.05, 4.69) is 14.5 Å². The molecule has 1 saturated heterocycles. The largest absolute Gasteiger partial charge is 0.435 e. The van der Waals surface area contributed by atoms with Crippen molar-refractivity contribution in [3.8, 4) is 5.75 Å². The van der Waals surface area contributed by atoms with Gasteiger partial charge in [-0.3, -0.25) is 4.79 Å². The number of amidine groups is 1. The van der Waals surface area contributed by atoms with Crippen molar-refractivity contribution < 1.29 is 26.7 Å². The molecule has 1 unspecified atom stereocenters. The van der Waals surface area contributed by atoms with Crippen LogP contribution in [0.1, 0.15) is 18.4 Å². The maximum Gasteiger partial charge on any atom is 0.387 e. The minimum Gasteiger partial charge on any atom is -0.435 e. The number of anilines is 1. The molecule has 0 saturated carbocycles. The molecule has 2 heterocycles. The minimum atomic E-state index is -3.73. The standard InChI is InChI=1S/C20H19F2N3O4S/c21-20(22)29-15-7-3-6-14(11-15)23-19(26)13-5-4-10-25(12-13)18-16-8-1-2-9-17(16)30(27,28)24-18/h1-3,6-9,11,13,20H,4-5,10,12H2,(H,23,26). The van der Waals surface area contributed by atoms with Crippen LogP contribution in [0.5, 0.6) is 5.75 Å².